The Hall–Kier alpha value is -1.81. The normalized spacial score (nSPS) is 18.5. The fourth-order valence-corrected chi connectivity index (χ4v) is 3.67. The highest BCUT2D eigenvalue weighted by atomic mass is 16.5. The summed E-state index contributed by atoms with van der Waals surface area (Å²) in [6.07, 6.45) is 3.47. The van der Waals surface area contributed by atoms with E-state index < -0.39 is 0 Å². The maximum absolute atomic E-state index is 5.99. The number of likely N-dealkylation sites (tertiary alicyclic amines) is 1. The Balaban J connectivity index is 1.83. The molecule has 130 valence electrons. The molecule has 24 heavy (non-hydrogen) atoms. The molecule has 1 fully saturated rings. The third kappa shape index (κ3) is 3.48. The summed E-state index contributed by atoms with van der Waals surface area (Å²) >= 11 is 0. The van der Waals surface area contributed by atoms with E-state index in [-0.39, 0.29) is 6.10 Å². The maximum Gasteiger partial charge on any atom is 0.141 e. The summed E-state index contributed by atoms with van der Waals surface area (Å²) in [4.78, 5) is 2.54. The zero-order valence-electron chi connectivity index (χ0n) is 15.2. The molecule has 0 radical (unpaired) electrons. The number of aryl methyl sites for hydroxylation is 2. The van der Waals surface area contributed by atoms with Crippen molar-refractivity contribution >= 4 is 0 Å². The first-order chi connectivity index (χ1) is 11.6. The summed E-state index contributed by atoms with van der Waals surface area (Å²) in [5.41, 5.74) is 3.60. The number of hydrogen-bond acceptors (Lipinski definition) is 4. The molecule has 0 amide bonds. The summed E-state index contributed by atoms with van der Waals surface area (Å²) in [5.74, 6) is 2.03. The van der Waals surface area contributed by atoms with Gasteiger partial charge in [0.15, 0.2) is 0 Å². The van der Waals surface area contributed by atoms with Crippen molar-refractivity contribution in [3.8, 4) is 5.75 Å². The second-order valence-corrected chi connectivity index (χ2v) is 6.86. The van der Waals surface area contributed by atoms with Gasteiger partial charge in [0.2, 0.25) is 0 Å². The molecule has 0 N–H and O–H groups in total. The van der Waals surface area contributed by atoms with Crippen molar-refractivity contribution in [2.45, 2.75) is 65.6 Å². The van der Waals surface area contributed by atoms with E-state index in [1.54, 1.807) is 0 Å². The van der Waals surface area contributed by atoms with Crippen molar-refractivity contribution in [2.24, 2.45) is 0 Å². The third-order valence-electron chi connectivity index (χ3n) is 4.71. The van der Waals surface area contributed by atoms with Gasteiger partial charge in [0.05, 0.1) is 11.8 Å². The van der Waals surface area contributed by atoms with Crippen LogP contribution < -0.4 is 4.74 Å². The number of rotatable bonds is 6. The summed E-state index contributed by atoms with van der Waals surface area (Å²) in [5, 5.41) is 4.20. The largest absolute Gasteiger partial charge is 0.491 e. The molecule has 0 aliphatic carbocycles. The fraction of sp³-hybridized carbons (Fsp3) is 0.550. The number of hydrogen-bond donors (Lipinski definition) is 0. The number of para-hydroxylation sites is 1. The highest BCUT2D eigenvalue weighted by molar-refractivity contribution is 5.34. The monoisotopic (exact) mass is 328 g/mol. The zero-order chi connectivity index (χ0) is 17.1. The van der Waals surface area contributed by atoms with Crippen LogP contribution in [0.2, 0.25) is 0 Å². The van der Waals surface area contributed by atoms with Gasteiger partial charge in [0.25, 0.3) is 0 Å². The van der Waals surface area contributed by atoms with E-state index in [2.05, 4.69) is 56.0 Å². The van der Waals surface area contributed by atoms with Crippen LogP contribution in [0, 0.1) is 6.92 Å². The second kappa shape index (κ2) is 7.39. The minimum absolute atomic E-state index is 0.188. The molecule has 1 atom stereocenters. The smallest absolute Gasteiger partial charge is 0.141 e. The van der Waals surface area contributed by atoms with E-state index in [0.717, 1.165) is 36.7 Å². The molecule has 1 saturated heterocycles. The molecule has 1 aromatic heterocycles. The highest BCUT2D eigenvalue weighted by Gasteiger charge is 2.31. The Labute approximate surface area is 144 Å². The van der Waals surface area contributed by atoms with E-state index >= 15 is 0 Å². The highest BCUT2D eigenvalue weighted by Crippen LogP contribution is 2.37. The molecule has 0 unspecified atom stereocenters. The molecule has 0 saturated carbocycles. The molecule has 0 bridgehead atoms. The fourth-order valence-electron chi connectivity index (χ4n) is 3.67. The van der Waals surface area contributed by atoms with Crippen molar-refractivity contribution in [3.63, 3.8) is 0 Å². The van der Waals surface area contributed by atoms with Crippen LogP contribution in [0.15, 0.2) is 28.8 Å². The first kappa shape index (κ1) is 17.0. The quantitative estimate of drug-likeness (QED) is 0.772. The van der Waals surface area contributed by atoms with Crippen LogP contribution in [0.5, 0.6) is 5.75 Å². The van der Waals surface area contributed by atoms with E-state index in [4.69, 9.17) is 9.26 Å². The van der Waals surface area contributed by atoms with E-state index in [9.17, 15) is 0 Å². The van der Waals surface area contributed by atoms with Crippen LogP contribution >= 0.6 is 0 Å². The Morgan fingerprint density at radius 1 is 1.33 bits per heavy atom. The van der Waals surface area contributed by atoms with Gasteiger partial charge in [0.1, 0.15) is 11.5 Å². The van der Waals surface area contributed by atoms with Crippen LogP contribution in [0.25, 0.3) is 0 Å². The van der Waals surface area contributed by atoms with Crippen LogP contribution in [0.3, 0.4) is 0 Å². The molecular weight excluding hydrogens is 300 g/mol. The van der Waals surface area contributed by atoms with Crippen molar-refractivity contribution in [2.75, 3.05) is 6.54 Å². The molecule has 1 aromatic carbocycles. The molecule has 4 heteroatoms. The van der Waals surface area contributed by atoms with Crippen LogP contribution in [-0.2, 0) is 13.0 Å². The number of benzene rings is 1. The van der Waals surface area contributed by atoms with E-state index in [0.29, 0.717) is 6.04 Å². The maximum atomic E-state index is 5.99. The summed E-state index contributed by atoms with van der Waals surface area (Å²) in [7, 11) is 0. The van der Waals surface area contributed by atoms with Crippen LogP contribution in [-0.4, -0.2) is 22.7 Å². The van der Waals surface area contributed by atoms with Gasteiger partial charge in [-0.05, 0) is 46.2 Å². The Morgan fingerprint density at radius 2 is 2.12 bits per heavy atom. The Kier molecular flexibility index (Phi) is 5.24. The molecular formula is C20H28N2O2. The van der Waals surface area contributed by atoms with Crippen molar-refractivity contribution in [1.29, 1.82) is 0 Å². The van der Waals surface area contributed by atoms with Crippen molar-refractivity contribution in [3.05, 3.63) is 46.8 Å². The lowest BCUT2D eigenvalue weighted by molar-refractivity contribution is 0.219. The minimum Gasteiger partial charge on any atom is -0.491 e. The molecule has 2 aromatic rings. The Morgan fingerprint density at radius 3 is 2.88 bits per heavy atom. The third-order valence-corrected chi connectivity index (χ3v) is 4.71. The van der Waals surface area contributed by atoms with Crippen LogP contribution in [0.4, 0.5) is 0 Å². The predicted molar refractivity (Wildman–Crippen MR) is 95.2 cm³/mol. The topological polar surface area (TPSA) is 38.5 Å². The number of aromatic nitrogens is 1. The molecule has 1 aliphatic rings. The predicted octanol–water partition coefficient (Wildman–Crippen LogP) is 4.67. The standard InChI is InChI=1S/C20H28N2O2/c1-5-18-20(15(4)21-24-18)17-10-8-12-22(17)13-16-9-6-7-11-19(16)23-14(2)3/h6-7,9,11,14,17H,5,8,10,12-13H2,1-4H3/t17-/m1/s1. The van der Waals surface area contributed by atoms with Gasteiger partial charge >= 0.3 is 0 Å². The average Bonchev–Trinajstić information content (AvgIpc) is 3.14. The van der Waals surface area contributed by atoms with E-state index in [1.807, 2.05) is 6.07 Å². The van der Waals surface area contributed by atoms with Gasteiger partial charge in [0, 0.05) is 30.1 Å². The van der Waals surface area contributed by atoms with Gasteiger partial charge in [-0.2, -0.15) is 0 Å². The van der Waals surface area contributed by atoms with Gasteiger partial charge in [-0.15, -0.1) is 0 Å². The number of nitrogens with zero attached hydrogens (tertiary/aromatic N) is 2. The van der Waals surface area contributed by atoms with Gasteiger partial charge in [-0.25, -0.2) is 0 Å². The first-order valence-corrected chi connectivity index (χ1v) is 9.03. The molecule has 3 rings (SSSR count). The SMILES string of the molecule is CCc1onc(C)c1[C@H]1CCCN1Cc1ccccc1OC(C)C. The molecule has 0 spiro atoms. The lowest BCUT2D eigenvalue weighted by Gasteiger charge is -2.26. The lowest BCUT2D eigenvalue weighted by Crippen LogP contribution is -2.24. The second-order valence-electron chi connectivity index (χ2n) is 6.86. The minimum atomic E-state index is 0.188. The van der Waals surface area contributed by atoms with E-state index in [1.165, 1.54) is 24.0 Å². The lowest BCUT2D eigenvalue weighted by atomic mass is 10.0. The van der Waals surface area contributed by atoms with Crippen molar-refractivity contribution in [1.82, 2.24) is 10.1 Å². The van der Waals surface area contributed by atoms with Gasteiger partial charge in [-0.1, -0.05) is 30.3 Å². The average molecular weight is 328 g/mol. The Bertz CT molecular complexity index is 678. The summed E-state index contributed by atoms with van der Waals surface area (Å²) in [6.45, 7) is 10.3. The zero-order valence-corrected chi connectivity index (χ0v) is 15.2. The molecule has 4 nitrogen and oxygen atoms in total. The summed E-state index contributed by atoms with van der Waals surface area (Å²) in [6, 6.07) is 8.78. The van der Waals surface area contributed by atoms with Gasteiger partial charge < -0.3 is 9.26 Å². The van der Waals surface area contributed by atoms with Gasteiger partial charge in [-0.3, -0.25) is 4.90 Å². The van der Waals surface area contributed by atoms with Crippen LogP contribution in [0.1, 0.15) is 62.2 Å². The molecule has 1 aliphatic heterocycles. The molecule has 2 heterocycles. The summed E-state index contributed by atoms with van der Waals surface area (Å²) < 4.78 is 11.5. The first-order valence-electron chi connectivity index (χ1n) is 9.03. The van der Waals surface area contributed by atoms with Crippen molar-refractivity contribution < 1.29 is 9.26 Å². The number of ether oxygens (including phenoxy) is 1.